The van der Waals surface area contributed by atoms with Crippen molar-refractivity contribution in [2.75, 3.05) is 12.4 Å². The number of rotatable bonds is 5. The topological polar surface area (TPSA) is 74.4 Å². The van der Waals surface area contributed by atoms with Gasteiger partial charge < -0.3 is 15.4 Å². The largest absolute Gasteiger partial charge is 0.497 e. The number of carbonyl (C=O) groups is 1. The summed E-state index contributed by atoms with van der Waals surface area (Å²) in [5, 5.41) is 6.11. The van der Waals surface area contributed by atoms with E-state index in [-0.39, 0.29) is 18.2 Å². The van der Waals surface area contributed by atoms with Gasteiger partial charge in [0.2, 0.25) is 5.91 Å². The molecule has 0 bridgehead atoms. The van der Waals surface area contributed by atoms with Gasteiger partial charge in [-0.2, -0.15) is 0 Å². The maximum absolute atomic E-state index is 12.3. The van der Waals surface area contributed by atoms with Crippen molar-refractivity contribution < 1.29 is 9.53 Å². The summed E-state index contributed by atoms with van der Waals surface area (Å²) >= 11 is 0. The van der Waals surface area contributed by atoms with Crippen molar-refractivity contribution in [3.05, 3.63) is 59.7 Å². The molecule has 1 heterocycles. The first-order valence-electron chi connectivity index (χ1n) is 7.91. The van der Waals surface area contributed by atoms with Crippen LogP contribution in [-0.2, 0) is 11.2 Å². The maximum Gasteiger partial charge on any atom is 0.241 e. The van der Waals surface area contributed by atoms with Crippen LogP contribution >= 0.6 is 0 Å². The quantitative estimate of drug-likeness (QED) is 0.671. The summed E-state index contributed by atoms with van der Waals surface area (Å²) in [5.41, 5.74) is 9.34. The monoisotopic (exact) mass is 326 g/mol. The molecule has 24 heavy (non-hydrogen) atoms. The molecule has 2 aromatic rings. The molecule has 1 fully saturated rings. The minimum atomic E-state index is -0.390. The fourth-order valence-corrected chi connectivity index (χ4v) is 2.58. The SMILES string of the molecule is COc1cccc(NC2NNC(Cc3ccc(C)cc3)C(=O)N2)c1. The molecule has 0 saturated carbocycles. The lowest BCUT2D eigenvalue weighted by molar-refractivity contribution is -0.126. The maximum atomic E-state index is 12.3. The molecule has 6 heteroatoms. The second-order valence-corrected chi connectivity index (χ2v) is 5.85. The molecule has 0 aromatic heterocycles. The minimum absolute atomic E-state index is 0.0466. The molecular formula is C18H22N4O2. The van der Waals surface area contributed by atoms with E-state index < -0.39 is 0 Å². The van der Waals surface area contributed by atoms with Crippen LogP contribution in [0.25, 0.3) is 0 Å². The Morgan fingerprint density at radius 1 is 1.12 bits per heavy atom. The molecule has 2 atom stereocenters. The third-order valence-electron chi connectivity index (χ3n) is 3.95. The first-order chi connectivity index (χ1) is 11.6. The Labute approximate surface area is 141 Å². The van der Waals surface area contributed by atoms with Gasteiger partial charge in [-0.3, -0.25) is 4.79 Å². The van der Waals surface area contributed by atoms with Gasteiger partial charge in [-0.1, -0.05) is 35.9 Å². The fraction of sp³-hybridized carbons (Fsp3) is 0.278. The van der Waals surface area contributed by atoms with Crippen LogP contribution in [0.2, 0.25) is 0 Å². The lowest BCUT2D eigenvalue weighted by Crippen LogP contribution is -2.68. The third kappa shape index (κ3) is 4.04. The Hall–Kier alpha value is -2.57. The summed E-state index contributed by atoms with van der Waals surface area (Å²) in [5.74, 6) is 0.710. The first-order valence-corrected chi connectivity index (χ1v) is 7.91. The van der Waals surface area contributed by atoms with Crippen LogP contribution in [0.4, 0.5) is 5.69 Å². The predicted molar refractivity (Wildman–Crippen MR) is 93.5 cm³/mol. The Bertz CT molecular complexity index is 702. The van der Waals surface area contributed by atoms with Gasteiger partial charge in [0.1, 0.15) is 11.8 Å². The zero-order chi connectivity index (χ0) is 16.9. The standard InChI is InChI=1S/C18H22N4O2/c1-12-6-8-13(9-7-12)10-16-17(23)20-18(22-21-16)19-14-4-3-5-15(11-14)24-2/h3-9,11,16,18-19,21-22H,10H2,1-2H3,(H,20,23). The molecule has 1 aliphatic heterocycles. The Kier molecular flexibility index (Phi) is 4.98. The van der Waals surface area contributed by atoms with E-state index in [0.717, 1.165) is 17.0 Å². The number of methoxy groups -OCH3 is 1. The average Bonchev–Trinajstić information content (AvgIpc) is 2.59. The van der Waals surface area contributed by atoms with Crippen molar-refractivity contribution in [3.63, 3.8) is 0 Å². The average molecular weight is 326 g/mol. The van der Waals surface area contributed by atoms with Crippen LogP contribution in [0, 0.1) is 6.92 Å². The van der Waals surface area contributed by atoms with Crippen molar-refractivity contribution in [1.82, 2.24) is 16.2 Å². The lowest BCUT2D eigenvalue weighted by Gasteiger charge is -2.32. The van der Waals surface area contributed by atoms with E-state index in [2.05, 4.69) is 33.6 Å². The second kappa shape index (κ2) is 7.33. The van der Waals surface area contributed by atoms with E-state index >= 15 is 0 Å². The van der Waals surface area contributed by atoms with E-state index in [1.54, 1.807) is 7.11 Å². The Morgan fingerprint density at radius 2 is 1.92 bits per heavy atom. The Balaban J connectivity index is 1.56. The number of hydrogen-bond acceptors (Lipinski definition) is 5. The molecule has 0 aliphatic carbocycles. The number of hydrazine groups is 1. The van der Waals surface area contributed by atoms with E-state index in [1.807, 2.05) is 43.3 Å². The zero-order valence-corrected chi connectivity index (χ0v) is 13.8. The Morgan fingerprint density at radius 3 is 2.62 bits per heavy atom. The van der Waals surface area contributed by atoms with Crippen LogP contribution < -0.4 is 26.2 Å². The number of amides is 1. The molecular weight excluding hydrogens is 304 g/mol. The first kappa shape index (κ1) is 16.3. The fourth-order valence-electron chi connectivity index (χ4n) is 2.58. The highest BCUT2D eigenvalue weighted by Crippen LogP contribution is 2.17. The van der Waals surface area contributed by atoms with E-state index in [0.29, 0.717) is 6.42 Å². The van der Waals surface area contributed by atoms with Gasteiger partial charge in [0.15, 0.2) is 6.29 Å². The highest BCUT2D eigenvalue weighted by Gasteiger charge is 2.27. The smallest absolute Gasteiger partial charge is 0.241 e. The summed E-state index contributed by atoms with van der Waals surface area (Å²) in [6.07, 6.45) is 0.240. The molecule has 126 valence electrons. The van der Waals surface area contributed by atoms with Crippen LogP contribution in [0.5, 0.6) is 5.75 Å². The third-order valence-corrected chi connectivity index (χ3v) is 3.95. The van der Waals surface area contributed by atoms with Gasteiger partial charge >= 0.3 is 0 Å². The number of nitrogens with one attached hydrogen (secondary N) is 4. The zero-order valence-electron chi connectivity index (χ0n) is 13.8. The van der Waals surface area contributed by atoms with Gasteiger partial charge in [0.25, 0.3) is 0 Å². The molecule has 0 spiro atoms. The summed E-state index contributed by atoms with van der Waals surface area (Å²) in [7, 11) is 1.62. The van der Waals surface area contributed by atoms with Crippen LogP contribution in [-0.4, -0.2) is 25.3 Å². The minimum Gasteiger partial charge on any atom is -0.497 e. The number of anilines is 1. The van der Waals surface area contributed by atoms with Gasteiger partial charge in [0.05, 0.1) is 7.11 Å². The lowest BCUT2D eigenvalue weighted by atomic mass is 10.0. The van der Waals surface area contributed by atoms with Crippen molar-refractivity contribution in [2.45, 2.75) is 25.7 Å². The molecule has 1 saturated heterocycles. The summed E-state index contributed by atoms with van der Waals surface area (Å²) in [6.45, 7) is 2.05. The number of benzene rings is 2. The van der Waals surface area contributed by atoms with Gasteiger partial charge in [-0.15, -0.1) is 0 Å². The van der Waals surface area contributed by atoms with E-state index in [9.17, 15) is 4.79 Å². The van der Waals surface area contributed by atoms with Crippen LogP contribution in [0.1, 0.15) is 11.1 Å². The molecule has 2 unspecified atom stereocenters. The van der Waals surface area contributed by atoms with Crippen molar-refractivity contribution in [1.29, 1.82) is 0 Å². The molecule has 3 rings (SSSR count). The number of carbonyl (C=O) groups excluding carboxylic acids is 1. The number of hydrogen-bond donors (Lipinski definition) is 4. The molecule has 4 N–H and O–H groups in total. The van der Waals surface area contributed by atoms with Crippen LogP contribution in [0.15, 0.2) is 48.5 Å². The van der Waals surface area contributed by atoms with Gasteiger partial charge in [0, 0.05) is 11.8 Å². The number of aryl methyl sites for hydroxylation is 1. The summed E-state index contributed by atoms with van der Waals surface area (Å²) in [4.78, 5) is 12.3. The molecule has 1 aliphatic rings. The molecule has 2 aromatic carbocycles. The predicted octanol–water partition coefficient (Wildman–Crippen LogP) is 1.53. The van der Waals surface area contributed by atoms with Crippen LogP contribution in [0.3, 0.4) is 0 Å². The molecule has 0 radical (unpaired) electrons. The highest BCUT2D eigenvalue weighted by atomic mass is 16.5. The van der Waals surface area contributed by atoms with E-state index in [4.69, 9.17) is 4.74 Å². The van der Waals surface area contributed by atoms with E-state index in [1.165, 1.54) is 5.56 Å². The van der Waals surface area contributed by atoms with Crippen molar-refractivity contribution >= 4 is 11.6 Å². The molecule has 6 nitrogen and oxygen atoms in total. The van der Waals surface area contributed by atoms with Gasteiger partial charge in [-0.05, 0) is 31.0 Å². The summed E-state index contributed by atoms with van der Waals surface area (Å²) < 4.78 is 5.19. The second-order valence-electron chi connectivity index (χ2n) is 5.85. The summed E-state index contributed by atoms with van der Waals surface area (Å²) in [6, 6.07) is 15.4. The highest BCUT2D eigenvalue weighted by molar-refractivity contribution is 5.83. The van der Waals surface area contributed by atoms with Crippen molar-refractivity contribution in [2.24, 2.45) is 0 Å². The normalized spacial score (nSPS) is 20.3. The molecule has 1 amide bonds. The van der Waals surface area contributed by atoms with Gasteiger partial charge in [-0.25, -0.2) is 10.9 Å². The number of ether oxygens (including phenoxy) is 1. The van der Waals surface area contributed by atoms with Crippen molar-refractivity contribution in [3.8, 4) is 5.75 Å².